The topological polar surface area (TPSA) is 93.2 Å². The molecule has 2 saturated heterocycles. The van der Waals surface area contributed by atoms with Gasteiger partial charge in [0.15, 0.2) is 6.10 Å². The van der Waals surface area contributed by atoms with Crippen molar-refractivity contribution in [2.45, 2.75) is 24.0 Å². The third-order valence-electron chi connectivity index (χ3n) is 6.95. The van der Waals surface area contributed by atoms with Gasteiger partial charge in [0, 0.05) is 5.56 Å². The number of fused-ring (bicyclic) bond motifs is 1. The molecular formula is C30H24N2O6S. The first kappa shape index (κ1) is 24.8. The summed E-state index contributed by atoms with van der Waals surface area (Å²) in [5.41, 5.74) is 2.28. The molecule has 4 aromatic rings. The van der Waals surface area contributed by atoms with Crippen LogP contribution >= 0.6 is 0 Å². The summed E-state index contributed by atoms with van der Waals surface area (Å²) in [5.74, 6) is -1.80. The number of imide groups is 1. The second-order valence-electron chi connectivity index (χ2n) is 9.34. The molecular weight excluding hydrogens is 516 g/mol. The van der Waals surface area contributed by atoms with Crippen LogP contribution in [0.15, 0.2) is 114 Å². The van der Waals surface area contributed by atoms with Gasteiger partial charge in [-0.25, -0.2) is 9.96 Å². The van der Waals surface area contributed by atoms with Gasteiger partial charge in [0.05, 0.1) is 17.4 Å². The van der Waals surface area contributed by atoms with E-state index in [0.717, 1.165) is 5.56 Å². The van der Waals surface area contributed by atoms with E-state index in [1.54, 1.807) is 60.7 Å². The molecule has 0 saturated carbocycles. The second kappa shape index (κ2) is 9.68. The number of hydrogen-bond donors (Lipinski definition) is 0. The zero-order chi connectivity index (χ0) is 27.1. The average molecular weight is 541 g/mol. The number of amides is 2. The number of rotatable bonds is 6. The molecule has 0 unspecified atom stereocenters. The van der Waals surface area contributed by atoms with Crippen molar-refractivity contribution in [2.75, 3.05) is 9.96 Å². The van der Waals surface area contributed by atoms with Crippen LogP contribution in [0, 0.1) is 12.8 Å². The first-order chi connectivity index (χ1) is 18.9. The molecule has 2 aliphatic rings. The van der Waals surface area contributed by atoms with E-state index in [9.17, 15) is 18.0 Å². The van der Waals surface area contributed by atoms with Crippen LogP contribution in [0.1, 0.15) is 17.2 Å². The van der Waals surface area contributed by atoms with E-state index in [1.165, 1.54) is 28.2 Å². The number of carbonyl (C=O) groups excluding carboxylic acids is 2. The fourth-order valence-electron chi connectivity index (χ4n) is 5.14. The highest BCUT2D eigenvalue weighted by molar-refractivity contribution is 7.87. The SMILES string of the molecule is Cc1ccccc1N1C(=O)[C@@H]2[C@H](ON(c3ccccc3)[C@H]2c2ccccc2OS(=O)(=O)c2ccccc2)C1=O. The molecule has 2 fully saturated rings. The lowest BCUT2D eigenvalue weighted by Crippen LogP contribution is -2.37. The Morgan fingerprint density at radius 3 is 2.08 bits per heavy atom. The number of aryl methyl sites for hydroxylation is 1. The van der Waals surface area contributed by atoms with Crippen molar-refractivity contribution in [2.24, 2.45) is 5.92 Å². The van der Waals surface area contributed by atoms with Gasteiger partial charge in [-0.15, -0.1) is 0 Å². The Bertz CT molecular complexity index is 1660. The summed E-state index contributed by atoms with van der Waals surface area (Å²) in [6, 6.07) is 29.8. The number of hydroxylamine groups is 1. The van der Waals surface area contributed by atoms with E-state index in [-0.39, 0.29) is 10.6 Å². The van der Waals surface area contributed by atoms with E-state index >= 15 is 0 Å². The quantitative estimate of drug-likeness (QED) is 0.256. The van der Waals surface area contributed by atoms with Crippen LogP contribution in [0.2, 0.25) is 0 Å². The van der Waals surface area contributed by atoms with Crippen molar-refractivity contribution < 1.29 is 27.0 Å². The van der Waals surface area contributed by atoms with E-state index in [1.807, 2.05) is 37.3 Å². The summed E-state index contributed by atoms with van der Waals surface area (Å²) in [5, 5.41) is 1.51. The van der Waals surface area contributed by atoms with Gasteiger partial charge in [0.25, 0.3) is 5.91 Å². The molecule has 39 heavy (non-hydrogen) atoms. The summed E-state index contributed by atoms with van der Waals surface area (Å²) in [6.45, 7) is 1.83. The lowest BCUT2D eigenvalue weighted by molar-refractivity contribution is -0.126. The van der Waals surface area contributed by atoms with Crippen molar-refractivity contribution in [1.82, 2.24) is 0 Å². The van der Waals surface area contributed by atoms with Crippen molar-refractivity contribution in [3.05, 3.63) is 120 Å². The first-order valence-electron chi connectivity index (χ1n) is 12.4. The van der Waals surface area contributed by atoms with Gasteiger partial charge in [-0.1, -0.05) is 72.8 Å². The standard InChI is InChI=1S/C30H24N2O6S/c1-20-12-8-10-18-24(20)31-29(33)26-27(32(37-28(26)30(31)34)21-13-4-2-5-14-21)23-17-9-11-19-25(23)38-39(35,36)22-15-6-3-7-16-22/h2-19,26-28H,1H3/t26-,27-,28-/m0/s1. The van der Waals surface area contributed by atoms with E-state index in [4.69, 9.17) is 9.02 Å². The van der Waals surface area contributed by atoms with Crippen LogP contribution in [-0.2, 0) is 24.5 Å². The maximum Gasteiger partial charge on any atom is 0.339 e. The van der Waals surface area contributed by atoms with Crippen molar-refractivity contribution in [1.29, 1.82) is 0 Å². The lowest BCUT2D eigenvalue weighted by atomic mass is 9.90. The third kappa shape index (κ3) is 4.25. The van der Waals surface area contributed by atoms with Crippen LogP contribution < -0.4 is 14.1 Å². The monoisotopic (exact) mass is 540 g/mol. The Hall–Kier alpha value is -4.47. The first-order valence-corrected chi connectivity index (χ1v) is 13.8. The van der Waals surface area contributed by atoms with Gasteiger partial charge in [0.1, 0.15) is 16.6 Å². The maximum absolute atomic E-state index is 14.0. The molecule has 9 heteroatoms. The van der Waals surface area contributed by atoms with Crippen LogP contribution in [0.25, 0.3) is 0 Å². The summed E-state index contributed by atoms with van der Waals surface area (Å²) >= 11 is 0. The third-order valence-corrected chi connectivity index (χ3v) is 8.20. The van der Waals surface area contributed by atoms with E-state index < -0.39 is 40.0 Å². The predicted octanol–water partition coefficient (Wildman–Crippen LogP) is 4.81. The minimum absolute atomic E-state index is 0.00174. The van der Waals surface area contributed by atoms with Crippen LogP contribution in [0.3, 0.4) is 0 Å². The lowest BCUT2D eigenvalue weighted by Gasteiger charge is -2.29. The number of carbonyl (C=O) groups is 2. The fourth-order valence-corrected chi connectivity index (χ4v) is 6.11. The highest BCUT2D eigenvalue weighted by Gasteiger charge is 2.61. The molecule has 8 nitrogen and oxygen atoms in total. The number of anilines is 2. The number of nitrogens with zero attached hydrogens (tertiary/aromatic N) is 2. The molecule has 0 spiro atoms. The van der Waals surface area contributed by atoms with Crippen LogP contribution in [0.4, 0.5) is 11.4 Å². The molecule has 4 aromatic carbocycles. The summed E-state index contributed by atoms with van der Waals surface area (Å²) in [6.07, 6.45) is -1.10. The summed E-state index contributed by atoms with van der Waals surface area (Å²) < 4.78 is 31.9. The predicted molar refractivity (Wildman–Crippen MR) is 144 cm³/mol. The molecule has 3 atom stereocenters. The van der Waals surface area contributed by atoms with Crippen LogP contribution in [0.5, 0.6) is 5.75 Å². The van der Waals surface area contributed by atoms with Crippen LogP contribution in [-0.4, -0.2) is 26.3 Å². The molecule has 6 rings (SSSR count). The van der Waals surface area contributed by atoms with Gasteiger partial charge in [0.2, 0.25) is 5.91 Å². The van der Waals surface area contributed by atoms with E-state index in [0.29, 0.717) is 16.9 Å². The Morgan fingerprint density at radius 2 is 1.36 bits per heavy atom. The number of hydrogen-bond acceptors (Lipinski definition) is 7. The minimum Gasteiger partial charge on any atom is -0.379 e. The highest BCUT2D eigenvalue weighted by atomic mass is 32.2. The number of benzene rings is 4. The van der Waals surface area contributed by atoms with Crippen molar-refractivity contribution in [3.8, 4) is 5.75 Å². The van der Waals surface area contributed by atoms with Gasteiger partial charge < -0.3 is 4.18 Å². The zero-order valence-electron chi connectivity index (χ0n) is 20.9. The summed E-state index contributed by atoms with van der Waals surface area (Å²) in [4.78, 5) is 35.0. The van der Waals surface area contributed by atoms with E-state index in [2.05, 4.69) is 0 Å². The molecule has 2 amide bonds. The Labute approximate surface area is 226 Å². The Kier molecular flexibility index (Phi) is 6.17. The number of para-hydroxylation sites is 3. The average Bonchev–Trinajstić information content (AvgIpc) is 3.46. The Morgan fingerprint density at radius 1 is 0.744 bits per heavy atom. The molecule has 0 N–H and O–H groups in total. The molecule has 0 radical (unpaired) electrons. The Balaban J connectivity index is 1.46. The zero-order valence-corrected chi connectivity index (χ0v) is 21.7. The summed E-state index contributed by atoms with van der Waals surface area (Å²) in [7, 11) is -4.17. The molecule has 196 valence electrons. The molecule has 2 aliphatic heterocycles. The molecule has 0 aliphatic carbocycles. The van der Waals surface area contributed by atoms with Gasteiger partial charge in [-0.05, 0) is 48.9 Å². The normalized spacial score (nSPS) is 20.8. The van der Waals surface area contributed by atoms with Crippen molar-refractivity contribution >= 4 is 33.3 Å². The second-order valence-corrected chi connectivity index (χ2v) is 10.9. The minimum atomic E-state index is -4.17. The molecule has 2 heterocycles. The fraction of sp³-hybridized carbons (Fsp3) is 0.133. The molecule has 0 aromatic heterocycles. The highest BCUT2D eigenvalue weighted by Crippen LogP contribution is 2.50. The van der Waals surface area contributed by atoms with Gasteiger partial charge in [-0.2, -0.15) is 8.42 Å². The largest absolute Gasteiger partial charge is 0.379 e. The molecule has 0 bridgehead atoms. The smallest absolute Gasteiger partial charge is 0.339 e. The van der Waals surface area contributed by atoms with Gasteiger partial charge >= 0.3 is 10.1 Å². The van der Waals surface area contributed by atoms with Crippen molar-refractivity contribution in [3.63, 3.8) is 0 Å². The van der Waals surface area contributed by atoms with Gasteiger partial charge in [-0.3, -0.25) is 14.4 Å². The maximum atomic E-state index is 14.0.